The summed E-state index contributed by atoms with van der Waals surface area (Å²) in [5, 5.41) is 8.41. The van der Waals surface area contributed by atoms with Crippen molar-refractivity contribution in [2.75, 3.05) is 13.1 Å². The van der Waals surface area contributed by atoms with Crippen molar-refractivity contribution in [3.8, 4) is 0 Å². The second kappa shape index (κ2) is 2.35. The van der Waals surface area contributed by atoms with Crippen molar-refractivity contribution in [3.63, 3.8) is 0 Å². The Morgan fingerprint density at radius 3 is 2.67 bits per heavy atom. The van der Waals surface area contributed by atoms with E-state index in [1.165, 1.54) is 0 Å². The molecule has 1 aliphatic heterocycles. The van der Waals surface area contributed by atoms with Crippen LogP contribution in [0.1, 0.15) is 6.92 Å². The molecule has 0 aromatic heterocycles. The Kier molecular flexibility index (Phi) is 1.71. The SMILES string of the molecule is C[CH]N1CC(C(=O)O)C1. The Morgan fingerprint density at radius 2 is 2.33 bits per heavy atom. The second-order valence-corrected chi connectivity index (χ2v) is 2.25. The highest BCUT2D eigenvalue weighted by molar-refractivity contribution is 5.71. The van der Waals surface area contributed by atoms with Gasteiger partial charge in [0.05, 0.1) is 5.92 Å². The zero-order valence-electron chi connectivity index (χ0n) is 5.37. The lowest BCUT2D eigenvalue weighted by Gasteiger charge is -2.35. The molecule has 0 amide bonds. The van der Waals surface area contributed by atoms with E-state index in [1.807, 2.05) is 18.4 Å². The predicted molar refractivity (Wildman–Crippen MR) is 32.7 cm³/mol. The fraction of sp³-hybridized carbons (Fsp3) is 0.667. The van der Waals surface area contributed by atoms with Gasteiger partial charge in [0, 0.05) is 19.6 Å². The number of aliphatic carboxylic acids is 1. The number of hydrogen-bond acceptors (Lipinski definition) is 2. The molecule has 1 rings (SSSR count). The maximum Gasteiger partial charge on any atom is 0.309 e. The molecular formula is C6H10NO2. The normalized spacial score (nSPS) is 21.4. The van der Waals surface area contributed by atoms with E-state index in [-0.39, 0.29) is 5.92 Å². The maximum absolute atomic E-state index is 10.2. The van der Waals surface area contributed by atoms with Crippen LogP contribution in [0.4, 0.5) is 0 Å². The molecule has 0 aromatic carbocycles. The molecule has 0 bridgehead atoms. The van der Waals surface area contributed by atoms with Crippen molar-refractivity contribution < 1.29 is 9.90 Å². The molecule has 3 nitrogen and oxygen atoms in total. The monoisotopic (exact) mass is 128 g/mol. The van der Waals surface area contributed by atoms with E-state index < -0.39 is 5.97 Å². The van der Waals surface area contributed by atoms with Gasteiger partial charge in [-0.2, -0.15) is 0 Å². The number of carboxylic acid groups (broad SMARTS) is 1. The van der Waals surface area contributed by atoms with Crippen molar-refractivity contribution >= 4 is 5.97 Å². The number of nitrogens with zero attached hydrogens (tertiary/aromatic N) is 1. The minimum Gasteiger partial charge on any atom is -0.481 e. The van der Waals surface area contributed by atoms with Gasteiger partial charge < -0.3 is 5.11 Å². The van der Waals surface area contributed by atoms with Crippen LogP contribution < -0.4 is 0 Å². The lowest BCUT2D eigenvalue weighted by Crippen LogP contribution is -2.48. The third kappa shape index (κ3) is 1.21. The van der Waals surface area contributed by atoms with Gasteiger partial charge in [0.25, 0.3) is 0 Å². The molecule has 1 radical (unpaired) electrons. The van der Waals surface area contributed by atoms with Crippen molar-refractivity contribution in [1.82, 2.24) is 4.90 Å². The Hall–Kier alpha value is -0.570. The summed E-state index contributed by atoms with van der Waals surface area (Å²) in [7, 11) is 0. The van der Waals surface area contributed by atoms with Gasteiger partial charge >= 0.3 is 5.97 Å². The minimum atomic E-state index is -0.673. The summed E-state index contributed by atoms with van der Waals surface area (Å²) in [6.45, 7) is 5.20. The molecule has 0 atom stereocenters. The van der Waals surface area contributed by atoms with Gasteiger partial charge in [-0.25, -0.2) is 0 Å². The van der Waals surface area contributed by atoms with Crippen LogP contribution in [0.5, 0.6) is 0 Å². The Labute approximate surface area is 54.3 Å². The molecule has 0 aromatic rings. The molecule has 0 spiro atoms. The average Bonchev–Trinajstić information content (AvgIpc) is 1.61. The highest BCUT2D eigenvalue weighted by atomic mass is 16.4. The Bertz CT molecular complexity index is 118. The standard InChI is InChI=1S/C6H10NO2/c1-2-7-3-5(4-7)6(8)9/h2,5H,3-4H2,1H3,(H,8,9). The lowest BCUT2D eigenvalue weighted by atomic mass is 10.0. The summed E-state index contributed by atoms with van der Waals surface area (Å²) < 4.78 is 0. The van der Waals surface area contributed by atoms with Crippen molar-refractivity contribution in [2.24, 2.45) is 5.92 Å². The quantitative estimate of drug-likeness (QED) is 0.577. The first-order valence-electron chi connectivity index (χ1n) is 3.00. The third-order valence-corrected chi connectivity index (χ3v) is 1.62. The highest BCUT2D eigenvalue weighted by Crippen LogP contribution is 2.15. The molecule has 1 aliphatic rings. The van der Waals surface area contributed by atoms with Gasteiger partial charge in [-0.1, -0.05) is 0 Å². The number of carbonyl (C=O) groups is 1. The summed E-state index contributed by atoms with van der Waals surface area (Å²) in [4.78, 5) is 12.2. The molecule has 9 heavy (non-hydrogen) atoms. The van der Waals surface area contributed by atoms with Gasteiger partial charge in [0.1, 0.15) is 0 Å². The van der Waals surface area contributed by atoms with Gasteiger partial charge in [0.15, 0.2) is 0 Å². The van der Waals surface area contributed by atoms with Crippen LogP contribution in [-0.2, 0) is 4.79 Å². The van der Waals surface area contributed by atoms with Crippen molar-refractivity contribution in [3.05, 3.63) is 6.54 Å². The average molecular weight is 128 g/mol. The number of hydrogen-bond donors (Lipinski definition) is 1. The summed E-state index contributed by atoms with van der Waals surface area (Å²) in [6, 6.07) is 0. The zero-order chi connectivity index (χ0) is 6.85. The van der Waals surface area contributed by atoms with Gasteiger partial charge in [0.2, 0.25) is 0 Å². The zero-order valence-corrected chi connectivity index (χ0v) is 5.37. The van der Waals surface area contributed by atoms with Crippen LogP contribution >= 0.6 is 0 Å². The first-order valence-corrected chi connectivity index (χ1v) is 3.00. The van der Waals surface area contributed by atoms with Crippen LogP contribution in [0, 0.1) is 12.5 Å². The van der Waals surface area contributed by atoms with Crippen LogP contribution in [0.15, 0.2) is 0 Å². The van der Waals surface area contributed by atoms with Crippen LogP contribution in [-0.4, -0.2) is 29.1 Å². The smallest absolute Gasteiger partial charge is 0.309 e. The Morgan fingerprint density at radius 1 is 1.78 bits per heavy atom. The molecule has 1 heterocycles. The van der Waals surface area contributed by atoms with Crippen LogP contribution in [0.3, 0.4) is 0 Å². The molecule has 1 fully saturated rings. The topological polar surface area (TPSA) is 40.5 Å². The molecule has 1 saturated heterocycles. The summed E-state index contributed by atoms with van der Waals surface area (Å²) in [5.41, 5.74) is 0. The van der Waals surface area contributed by atoms with E-state index >= 15 is 0 Å². The minimum absolute atomic E-state index is 0.124. The summed E-state index contributed by atoms with van der Waals surface area (Å²) in [6.07, 6.45) is 0. The van der Waals surface area contributed by atoms with Gasteiger partial charge in [-0.3, -0.25) is 9.69 Å². The van der Waals surface area contributed by atoms with E-state index in [0.29, 0.717) is 13.1 Å². The molecular weight excluding hydrogens is 118 g/mol. The number of likely N-dealkylation sites (tertiary alicyclic amines) is 1. The predicted octanol–water partition coefficient (Wildman–Crippen LogP) is 0.184. The van der Waals surface area contributed by atoms with Gasteiger partial charge in [-0.05, 0) is 6.92 Å². The van der Waals surface area contributed by atoms with E-state index in [0.717, 1.165) is 0 Å². The van der Waals surface area contributed by atoms with E-state index in [2.05, 4.69) is 0 Å². The van der Waals surface area contributed by atoms with Crippen LogP contribution in [0.2, 0.25) is 0 Å². The fourth-order valence-corrected chi connectivity index (χ4v) is 0.880. The summed E-state index contributed by atoms with van der Waals surface area (Å²) >= 11 is 0. The lowest BCUT2D eigenvalue weighted by molar-refractivity contribution is -0.146. The van der Waals surface area contributed by atoms with E-state index in [1.54, 1.807) is 0 Å². The molecule has 0 aliphatic carbocycles. The number of rotatable bonds is 2. The fourth-order valence-electron chi connectivity index (χ4n) is 0.880. The van der Waals surface area contributed by atoms with Gasteiger partial charge in [-0.15, -0.1) is 0 Å². The highest BCUT2D eigenvalue weighted by Gasteiger charge is 2.30. The second-order valence-electron chi connectivity index (χ2n) is 2.25. The van der Waals surface area contributed by atoms with Crippen molar-refractivity contribution in [2.45, 2.75) is 6.92 Å². The maximum atomic E-state index is 10.2. The molecule has 51 valence electrons. The molecule has 0 unspecified atom stereocenters. The van der Waals surface area contributed by atoms with E-state index in [4.69, 9.17) is 5.11 Å². The molecule has 1 N–H and O–H groups in total. The number of carboxylic acids is 1. The largest absolute Gasteiger partial charge is 0.481 e. The van der Waals surface area contributed by atoms with Crippen molar-refractivity contribution in [1.29, 1.82) is 0 Å². The molecule has 0 saturated carbocycles. The summed E-state index contributed by atoms with van der Waals surface area (Å²) in [5.74, 6) is -0.797. The first-order chi connectivity index (χ1) is 4.24. The molecule has 3 heteroatoms. The third-order valence-electron chi connectivity index (χ3n) is 1.62. The first kappa shape index (κ1) is 6.55. The van der Waals surface area contributed by atoms with E-state index in [9.17, 15) is 4.79 Å². The Balaban J connectivity index is 2.19. The van der Waals surface area contributed by atoms with Crippen LogP contribution in [0.25, 0.3) is 0 Å².